The van der Waals surface area contributed by atoms with Gasteiger partial charge in [-0.2, -0.15) is 5.10 Å². The summed E-state index contributed by atoms with van der Waals surface area (Å²) < 4.78 is 2.06. The number of rotatable bonds is 5. The van der Waals surface area contributed by atoms with E-state index in [2.05, 4.69) is 39.9 Å². The number of hydrogen-bond acceptors (Lipinski definition) is 3. The van der Waals surface area contributed by atoms with Crippen LogP contribution in [0.2, 0.25) is 0 Å². The zero-order chi connectivity index (χ0) is 13.8. The summed E-state index contributed by atoms with van der Waals surface area (Å²) >= 11 is 1.94. The van der Waals surface area contributed by atoms with E-state index in [-0.39, 0.29) is 0 Å². The lowest BCUT2D eigenvalue weighted by molar-refractivity contribution is 0.128. The molecule has 2 aromatic heterocycles. The first-order chi connectivity index (χ1) is 9.81. The molecule has 1 aliphatic rings. The number of thiophene rings is 1. The zero-order valence-corrected chi connectivity index (χ0v) is 13.0. The Morgan fingerprint density at radius 3 is 3.05 bits per heavy atom. The number of hydrogen-bond donors (Lipinski definition) is 0. The van der Waals surface area contributed by atoms with E-state index in [4.69, 9.17) is 0 Å². The first-order valence-corrected chi connectivity index (χ1v) is 8.40. The van der Waals surface area contributed by atoms with Crippen LogP contribution in [0.15, 0.2) is 30.6 Å². The smallest absolute Gasteiger partial charge is 0.0489 e. The lowest BCUT2D eigenvalue weighted by Crippen LogP contribution is -2.39. The van der Waals surface area contributed by atoms with E-state index in [0.29, 0.717) is 0 Å². The van der Waals surface area contributed by atoms with Crippen molar-refractivity contribution in [3.63, 3.8) is 0 Å². The van der Waals surface area contributed by atoms with Crippen molar-refractivity contribution in [1.29, 1.82) is 0 Å². The van der Waals surface area contributed by atoms with Gasteiger partial charge in [0.1, 0.15) is 0 Å². The van der Waals surface area contributed by atoms with Crippen molar-refractivity contribution in [2.24, 2.45) is 0 Å². The number of piperidine rings is 1. The summed E-state index contributed by atoms with van der Waals surface area (Å²) in [4.78, 5) is 5.61. The molecule has 0 bridgehead atoms. The first-order valence-electron chi connectivity index (χ1n) is 7.58. The Morgan fingerprint density at radius 1 is 1.35 bits per heavy atom. The van der Waals surface area contributed by atoms with Crippen LogP contribution in [0.25, 0.3) is 0 Å². The molecule has 1 fully saturated rings. The molecule has 0 N–H and O–H groups in total. The van der Waals surface area contributed by atoms with Gasteiger partial charge in [-0.05, 0) is 50.9 Å². The average Bonchev–Trinajstić information content (AvgIpc) is 3.10. The largest absolute Gasteiger partial charge is 0.295 e. The molecular formula is C16H23N3S. The Balaban J connectivity index is 1.58. The van der Waals surface area contributed by atoms with Gasteiger partial charge in [0, 0.05) is 41.3 Å². The second-order valence-corrected chi connectivity index (χ2v) is 7.06. The Hall–Kier alpha value is -1.13. The van der Waals surface area contributed by atoms with Crippen LogP contribution < -0.4 is 0 Å². The van der Waals surface area contributed by atoms with Crippen molar-refractivity contribution in [2.75, 3.05) is 6.54 Å². The fraction of sp³-hybridized carbons (Fsp3) is 0.562. The van der Waals surface area contributed by atoms with E-state index < -0.39 is 0 Å². The summed E-state index contributed by atoms with van der Waals surface area (Å²) in [6, 6.07) is 7.25. The predicted octanol–water partition coefficient (Wildman–Crippen LogP) is 3.70. The predicted molar refractivity (Wildman–Crippen MR) is 83.9 cm³/mol. The lowest BCUT2D eigenvalue weighted by atomic mass is 9.99. The van der Waals surface area contributed by atoms with Crippen molar-refractivity contribution in [2.45, 2.75) is 51.7 Å². The molecule has 1 aliphatic heterocycles. The molecule has 0 saturated carbocycles. The molecular weight excluding hydrogens is 266 g/mol. The molecule has 2 aromatic rings. The number of nitrogens with zero attached hydrogens (tertiary/aromatic N) is 3. The maximum atomic E-state index is 4.31. The van der Waals surface area contributed by atoms with Crippen LogP contribution in [0.1, 0.15) is 35.4 Å². The molecule has 0 aromatic carbocycles. The summed E-state index contributed by atoms with van der Waals surface area (Å²) in [5.41, 5.74) is 0. The second kappa shape index (κ2) is 6.55. The van der Waals surface area contributed by atoms with E-state index >= 15 is 0 Å². The van der Waals surface area contributed by atoms with Gasteiger partial charge in [-0.1, -0.05) is 6.42 Å². The average molecular weight is 289 g/mol. The fourth-order valence-corrected chi connectivity index (χ4v) is 4.00. The molecule has 4 heteroatoms. The summed E-state index contributed by atoms with van der Waals surface area (Å²) in [5.74, 6) is 0. The molecule has 0 unspecified atom stereocenters. The molecule has 0 radical (unpaired) electrons. The maximum absolute atomic E-state index is 4.31. The lowest BCUT2D eigenvalue weighted by Gasteiger charge is -2.35. The van der Waals surface area contributed by atoms with Gasteiger partial charge in [0.05, 0.1) is 0 Å². The molecule has 3 rings (SSSR count). The monoisotopic (exact) mass is 289 g/mol. The standard InChI is InChI=1S/C16H23N3S/c1-14-6-7-16(20-14)13-18-10-3-2-5-15(18)8-12-19-11-4-9-17-19/h4,6-7,9,11,15H,2-3,5,8,10,12-13H2,1H3/t15-/m0/s1. The third kappa shape index (κ3) is 3.49. The normalized spacial score (nSPS) is 20.4. The molecule has 3 heterocycles. The third-order valence-corrected chi connectivity index (χ3v) is 5.14. The highest BCUT2D eigenvalue weighted by Gasteiger charge is 2.22. The van der Waals surface area contributed by atoms with Gasteiger partial charge in [0.15, 0.2) is 0 Å². The Kier molecular flexibility index (Phi) is 4.53. The van der Waals surface area contributed by atoms with Gasteiger partial charge in [-0.3, -0.25) is 9.58 Å². The van der Waals surface area contributed by atoms with Crippen LogP contribution in [0.5, 0.6) is 0 Å². The highest BCUT2D eigenvalue weighted by atomic mass is 32.1. The van der Waals surface area contributed by atoms with Crippen molar-refractivity contribution in [1.82, 2.24) is 14.7 Å². The number of aromatic nitrogens is 2. The minimum absolute atomic E-state index is 0.718. The van der Waals surface area contributed by atoms with Crippen LogP contribution in [-0.2, 0) is 13.1 Å². The molecule has 0 aliphatic carbocycles. The molecule has 1 saturated heterocycles. The van der Waals surface area contributed by atoms with Gasteiger partial charge >= 0.3 is 0 Å². The van der Waals surface area contributed by atoms with Crippen molar-refractivity contribution in [3.8, 4) is 0 Å². The van der Waals surface area contributed by atoms with Crippen LogP contribution in [0, 0.1) is 6.92 Å². The Morgan fingerprint density at radius 2 is 2.30 bits per heavy atom. The molecule has 0 amide bonds. The topological polar surface area (TPSA) is 21.1 Å². The van der Waals surface area contributed by atoms with Crippen LogP contribution in [0.3, 0.4) is 0 Å². The molecule has 108 valence electrons. The van der Waals surface area contributed by atoms with E-state index in [1.165, 1.54) is 42.0 Å². The summed E-state index contributed by atoms with van der Waals surface area (Å²) in [7, 11) is 0. The summed E-state index contributed by atoms with van der Waals surface area (Å²) in [6.45, 7) is 5.61. The quantitative estimate of drug-likeness (QED) is 0.837. The number of likely N-dealkylation sites (tertiary alicyclic amines) is 1. The summed E-state index contributed by atoms with van der Waals surface area (Å²) in [6.07, 6.45) is 9.22. The maximum Gasteiger partial charge on any atom is 0.0489 e. The first kappa shape index (κ1) is 13.8. The van der Waals surface area contributed by atoms with Crippen molar-refractivity contribution >= 4 is 11.3 Å². The SMILES string of the molecule is Cc1ccc(CN2CCCC[C@H]2CCn2cccn2)s1. The minimum atomic E-state index is 0.718. The van der Waals surface area contributed by atoms with Gasteiger partial charge < -0.3 is 0 Å². The minimum Gasteiger partial charge on any atom is -0.295 e. The van der Waals surface area contributed by atoms with E-state index in [0.717, 1.165) is 19.1 Å². The van der Waals surface area contributed by atoms with Gasteiger partial charge in [0.2, 0.25) is 0 Å². The molecule has 20 heavy (non-hydrogen) atoms. The van der Waals surface area contributed by atoms with Gasteiger partial charge in [-0.15, -0.1) is 11.3 Å². The Bertz CT molecular complexity index is 518. The van der Waals surface area contributed by atoms with Gasteiger partial charge in [0.25, 0.3) is 0 Å². The van der Waals surface area contributed by atoms with Crippen LogP contribution >= 0.6 is 11.3 Å². The molecule has 0 spiro atoms. The van der Waals surface area contributed by atoms with E-state index in [1.54, 1.807) is 0 Å². The van der Waals surface area contributed by atoms with Crippen LogP contribution in [0.4, 0.5) is 0 Å². The fourth-order valence-electron chi connectivity index (χ4n) is 3.08. The van der Waals surface area contributed by atoms with Crippen LogP contribution in [-0.4, -0.2) is 27.3 Å². The van der Waals surface area contributed by atoms with Crippen molar-refractivity contribution in [3.05, 3.63) is 40.3 Å². The van der Waals surface area contributed by atoms with Crippen molar-refractivity contribution < 1.29 is 0 Å². The zero-order valence-electron chi connectivity index (χ0n) is 12.2. The highest BCUT2D eigenvalue weighted by Crippen LogP contribution is 2.25. The highest BCUT2D eigenvalue weighted by molar-refractivity contribution is 7.11. The van der Waals surface area contributed by atoms with Gasteiger partial charge in [-0.25, -0.2) is 0 Å². The van der Waals surface area contributed by atoms with E-state index in [1.807, 2.05) is 23.6 Å². The summed E-state index contributed by atoms with van der Waals surface area (Å²) in [5, 5.41) is 4.31. The van der Waals surface area contributed by atoms with E-state index in [9.17, 15) is 0 Å². The number of aryl methyl sites for hydroxylation is 2. The second-order valence-electron chi connectivity index (χ2n) is 5.69. The third-order valence-electron chi connectivity index (χ3n) is 4.15. The molecule has 1 atom stereocenters. The molecule has 3 nitrogen and oxygen atoms in total. The Labute approximate surface area is 125 Å².